The minimum absolute atomic E-state index is 0.536. The molecule has 0 unspecified atom stereocenters. The van der Waals surface area contributed by atoms with Crippen molar-refractivity contribution >= 4 is 23.4 Å². The van der Waals surface area contributed by atoms with E-state index in [9.17, 15) is 4.79 Å². The number of benzene rings is 1. The van der Waals surface area contributed by atoms with Crippen LogP contribution >= 0.6 is 0 Å². The Morgan fingerprint density at radius 3 is 2.20 bits per heavy atom. The number of pyridine rings is 1. The Morgan fingerprint density at radius 1 is 1.04 bits per heavy atom. The number of rotatable bonds is 4. The van der Waals surface area contributed by atoms with Gasteiger partial charge in [-0.2, -0.15) is 0 Å². The number of anilines is 2. The van der Waals surface area contributed by atoms with Gasteiger partial charge in [-0.3, -0.25) is 15.0 Å². The number of hydroxylamine groups is 1. The van der Waals surface area contributed by atoms with Gasteiger partial charge in [0.2, 0.25) is 0 Å². The molecule has 1 saturated heterocycles. The molecule has 1 amide bonds. The number of piperazine rings is 1. The van der Waals surface area contributed by atoms with Crippen LogP contribution in [0, 0.1) is 6.92 Å². The van der Waals surface area contributed by atoms with Crippen molar-refractivity contribution in [1.29, 1.82) is 0 Å². The minimum Gasteiger partial charge on any atom is -0.368 e. The van der Waals surface area contributed by atoms with Gasteiger partial charge < -0.3 is 9.80 Å². The summed E-state index contributed by atoms with van der Waals surface area (Å²) < 4.78 is 0. The lowest BCUT2D eigenvalue weighted by Crippen LogP contribution is -2.46. The number of hydrogen-bond donors (Lipinski definition) is 2. The van der Waals surface area contributed by atoms with Crippen molar-refractivity contribution in [3.05, 3.63) is 59.9 Å². The highest BCUT2D eigenvalue weighted by Gasteiger charge is 2.17. The smallest absolute Gasteiger partial charge is 0.267 e. The third-order valence-electron chi connectivity index (χ3n) is 4.34. The van der Waals surface area contributed by atoms with Gasteiger partial charge in [0.15, 0.2) is 0 Å². The second-order valence-electron chi connectivity index (χ2n) is 6.03. The van der Waals surface area contributed by atoms with Gasteiger partial charge in [-0.1, -0.05) is 12.1 Å². The largest absolute Gasteiger partial charge is 0.368 e. The molecule has 0 spiro atoms. The number of nitrogens with one attached hydrogen (secondary N) is 1. The molecule has 0 aliphatic carbocycles. The molecule has 0 saturated carbocycles. The summed E-state index contributed by atoms with van der Waals surface area (Å²) >= 11 is 0. The first-order valence-electron chi connectivity index (χ1n) is 8.30. The lowest BCUT2D eigenvalue weighted by Gasteiger charge is -2.37. The highest BCUT2D eigenvalue weighted by atomic mass is 16.5. The molecular formula is C19H22N4O2. The van der Waals surface area contributed by atoms with E-state index in [1.54, 1.807) is 11.6 Å². The van der Waals surface area contributed by atoms with E-state index in [-0.39, 0.29) is 0 Å². The number of amides is 1. The molecule has 1 fully saturated rings. The highest BCUT2D eigenvalue weighted by Crippen LogP contribution is 2.21. The Morgan fingerprint density at radius 2 is 1.64 bits per heavy atom. The van der Waals surface area contributed by atoms with E-state index in [4.69, 9.17) is 5.21 Å². The fraction of sp³-hybridized carbons (Fsp3) is 0.263. The van der Waals surface area contributed by atoms with E-state index in [2.05, 4.69) is 33.0 Å². The maximum absolute atomic E-state index is 11.0. The van der Waals surface area contributed by atoms with Crippen molar-refractivity contribution in [3.8, 4) is 0 Å². The van der Waals surface area contributed by atoms with Gasteiger partial charge in [0.05, 0.1) is 11.9 Å². The van der Waals surface area contributed by atoms with Crippen molar-refractivity contribution in [2.75, 3.05) is 36.0 Å². The quantitative estimate of drug-likeness (QED) is 0.508. The Bertz CT molecular complexity index is 733. The Balaban J connectivity index is 1.58. The molecule has 6 heteroatoms. The third-order valence-corrected chi connectivity index (χ3v) is 4.34. The zero-order valence-corrected chi connectivity index (χ0v) is 14.2. The summed E-state index contributed by atoms with van der Waals surface area (Å²) in [6, 6.07) is 12.2. The van der Waals surface area contributed by atoms with Crippen molar-refractivity contribution in [2.45, 2.75) is 6.92 Å². The zero-order valence-electron chi connectivity index (χ0n) is 14.2. The van der Waals surface area contributed by atoms with Crippen molar-refractivity contribution in [1.82, 2.24) is 10.5 Å². The SMILES string of the molecule is Cc1ccc(N2CCN(c3ccc(/C=C/C(=O)NO)cc3)CC2)cn1. The molecule has 2 N–H and O–H groups in total. The van der Waals surface area contributed by atoms with Gasteiger partial charge in [0.25, 0.3) is 5.91 Å². The third kappa shape index (κ3) is 4.36. The molecule has 1 aliphatic rings. The molecular weight excluding hydrogens is 316 g/mol. The number of hydrogen-bond acceptors (Lipinski definition) is 5. The highest BCUT2D eigenvalue weighted by molar-refractivity contribution is 5.90. The van der Waals surface area contributed by atoms with E-state index in [1.807, 2.05) is 31.3 Å². The van der Waals surface area contributed by atoms with E-state index in [1.165, 1.54) is 17.5 Å². The monoisotopic (exact) mass is 338 g/mol. The number of nitrogens with zero attached hydrogens (tertiary/aromatic N) is 3. The minimum atomic E-state index is -0.536. The zero-order chi connectivity index (χ0) is 17.6. The summed E-state index contributed by atoms with van der Waals surface area (Å²) in [5.41, 5.74) is 5.87. The van der Waals surface area contributed by atoms with Crippen LogP contribution in [0.4, 0.5) is 11.4 Å². The summed E-state index contributed by atoms with van der Waals surface area (Å²) in [6.07, 6.45) is 4.90. The summed E-state index contributed by atoms with van der Waals surface area (Å²) in [7, 11) is 0. The van der Waals surface area contributed by atoms with Crippen molar-refractivity contribution in [2.24, 2.45) is 0 Å². The predicted octanol–water partition coefficient (Wildman–Crippen LogP) is 2.24. The number of aryl methyl sites for hydroxylation is 1. The van der Waals surface area contributed by atoms with E-state index < -0.39 is 5.91 Å². The average Bonchev–Trinajstić information content (AvgIpc) is 2.67. The molecule has 3 rings (SSSR count). The van der Waals surface area contributed by atoms with Crippen LogP contribution in [0.1, 0.15) is 11.3 Å². The van der Waals surface area contributed by atoms with Crippen LogP contribution in [-0.4, -0.2) is 42.3 Å². The van der Waals surface area contributed by atoms with Crippen LogP contribution in [0.3, 0.4) is 0 Å². The number of carbonyl (C=O) groups is 1. The normalized spacial score (nSPS) is 14.8. The fourth-order valence-corrected chi connectivity index (χ4v) is 2.88. The maximum Gasteiger partial charge on any atom is 0.267 e. The molecule has 0 radical (unpaired) electrons. The molecule has 6 nitrogen and oxygen atoms in total. The topological polar surface area (TPSA) is 68.7 Å². The molecule has 2 heterocycles. The lowest BCUT2D eigenvalue weighted by molar-refractivity contribution is -0.124. The summed E-state index contributed by atoms with van der Waals surface area (Å²) in [4.78, 5) is 20.1. The number of carbonyl (C=O) groups excluding carboxylic acids is 1. The van der Waals surface area contributed by atoms with Gasteiger partial charge >= 0.3 is 0 Å². The Kier molecular flexibility index (Phi) is 5.30. The maximum atomic E-state index is 11.0. The molecule has 0 bridgehead atoms. The standard InChI is InChI=1S/C19H22N4O2/c1-15-2-6-18(14-20-15)23-12-10-22(11-13-23)17-7-3-16(4-8-17)5-9-19(24)21-25/h2-9,14,25H,10-13H2,1H3,(H,21,24)/b9-5+. The van der Waals surface area contributed by atoms with Crippen LogP contribution in [0.5, 0.6) is 0 Å². The summed E-state index contributed by atoms with van der Waals surface area (Å²) in [5, 5.41) is 8.48. The van der Waals surface area contributed by atoms with E-state index in [0.717, 1.165) is 37.4 Å². The van der Waals surface area contributed by atoms with Crippen LogP contribution < -0.4 is 15.3 Å². The van der Waals surface area contributed by atoms with Crippen LogP contribution in [0.2, 0.25) is 0 Å². The first-order chi connectivity index (χ1) is 12.2. The van der Waals surface area contributed by atoms with Gasteiger partial charge in [0, 0.05) is 43.6 Å². The molecule has 1 aromatic carbocycles. The van der Waals surface area contributed by atoms with Gasteiger partial charge in [-0.25, -0.2) is 5.48 Å². The number of aromatic nitrogens is 1. The average molecular weight is 338 g/mol. The van der Waals surface area contributed by atoms with E-state index in [0.29, 0.717) is 0 Å². The lowest BCUT2D eigenvalue weighted by atomic mass is 10.1. The van der Waals surface area contributed by atoms with Gasteiger partial charge in [-0.05, 0) is 42.8 Å². The molecule has 130 valence electrons. The van der Waals surface area contributed by atoms with Crippen molar-refractivity contribution in [3.63, 3.8) is 0 Å². The summed E-state index contributed by atoms with van der Waals surface area (Å²) in [5.74, 6) is -0.536. The predicted molar refractivity (Wildman–Crippen MR) is 98.8 cm³/mol. The molecule has 1 aliphatic heterocycles. The van der Waals surface area contributed by atoms with E-state index >= 15 is 0 Å². The molecule has 1 aromatic heterocycles. The Labute approximate surface area is 147 Å². The summed E-state index contributed by atoms with van der Waals surface area (Å²) in [6.45, 7) is 5.83. The van der Waals surface area contributed by atoms with Gasteiger partial charge in [0.1, 0.15) is 0 Å². The van der Waals surface area contributed by atoms with Crippen LogP contribution in [0.25, 0.3) is 6.08 Å². The second kappa shape index (κ2) is 7.81. The fourth-order valence-electron chi connectivity index (χ4n) is 2.88. The first-order valence-corrected chi connectivity index (χ1v) is 8.30. The van der Waals surface area contributed by atoms with Crippen LogP contribution in [-0.2, 0) is 4.79 Å². The van der Waals surface area contributed by atoms with Gasteiger partial charge in [-0.15, -0.1) is 0 Å². The molecule has 25 heavy (non-hydrogen) atoms. The molecule has 0 atom stereocenters. The molecule has 2 aromatic rings. The second-order valence-corrected chi connectivity index (χ2v) is 6.03. The van der Waals surface area contributed by atoms with Crippen molar-refractivity contribution < 1.29 is 10.0 Å². The first kappa shape index (κ1) is 17.0. The Hall–Kier alpha value is -2.86. The van der Waals surface area contributed by atoms with Crippen LogP contribution in [0.15, 0.2) is 48.7 Å².